The van der Waals surface area contributed by atoms with Gasteiger partial charge in [0.15, 0.2) is 0 Å². The molecule has 2 unspecified atom stereocenters. The van der Waals surface area contributed by atoms with Gasteiger partial charge in [0, 0.05) is 6.54 Å². The molecular weight excluding hydrogens is 270 g/mol. The van der Waals surface area contributed by atoms with Crippen molar-refractivity contribution in [3.63, 3.8) is 0 Å². The van der Waals surface area contributed by atoms with E-state index in [0.717, 1.165) is 18.4 Å². The Morgan fingerprint density at radius 1 is 1.24 bits per heavy atom. The van der Waals surface area contributed by atoms with Crippen LogP contribution in [-0.4, -0.2) is 40.5 Å². The van der Waals surface area contributed by atoms with Gasteiger partial charge in [0.1, 0.15) is 12.6 Å². The zero-order chi connectivity index (χ0) is 14.8. The number of rotatable bonds is 4. The molecule has 0 aromatic heterocycles. The van der Waals surface area contributed by atoms with Gasteiger partial charge in [0.25, 0.3) is 0 Å². The molecule has 3 saturated heterocycles. The maximum Gasteiger partial charge on any atom is 0.344 e. The molecule has 3 heterocycles. The molecule has 0 radical (unpaired) electrons. The fourth-order valence-electron chi connectivity index (χ4n) is 3.02. The second-order valence-electron chi connectivity index (χ2n) is 5.50. The molecule has 3 fully saturated rings. The van der Waals surface area contributed by atoms with Crippen molar-refractivity contribution in [2.24, 2.45) is 5.73 Å². The molecule has 2 bridgehead atoms. The average molecular weight is 289 g/mol. The summed E-state index contributed by atoms with van der Waals surface area (Å²) in [7, 11) is 0. The van der Waals surface area contributed by atoms with Gasteiger partial charge in [-0.05, 0) is 24.8 Å². The Hall–Kier alpha value is -2.08. The minimum absolute atomic E-state index is 0.0295. The van der Waals surface area contributed by atoms with E-state index in [-0.39, 0.29) is 12.1 Å². The van der Waals surface area contributed by atoms with Crippen LogP contribution in [-0.2, 0) is 16.2 Å². The number of fused-ring (bicyclic) bond motifs is 4. The lowest BCUT2D eigenvalue weighted by molar-refractivity contribution is -0.170. The molecule has 2 atom stereocenters. The summed E-state index contributed by atoms with van der Waals surface area (Å²) in [6.07, 6.45) is 2.16. The van der Waals surface area contributed by atoms with Crippen molar-refractivity contribution < 1.29 is 14.4 Å². The van der Waals surface area contributed by atoms with Crippen molar-refractivity contribution in [1.82, 2.24) is 9.96 Å². The second-order valence-corrected chi connectivity index (χ2v) is 5.50. The zero-order valence-corrected chi connectivity index (χ0v) is 11.8. The van der Waals surface area contributed by atoms with Crippen molar-refractivity contribution in [1.29, 1.82) is 0 Å². The van der Waals surface area contributed by atoms with E-state index in [4.69, 9.17) is 10.6 Å². The maximum atomic E-state index is 12.5. The van der Waals surface area contributed by atoms with Gasteiger partial charge >= 0.3 is 6.03 Å². The van der Waals surface area contributed by atoms with Crippen LogP contribution in [0.2, 0.25) is 0 Å². The van der Waals surface area contributed by atoms with Gasteiger partial charge in [-0.1, -0.05) is 30.3 Å². The van der Waals surface area contributed by atoms with E-state index in [9.17, 15) is 9.59 Å². The fourth-order valence-corrected chi connectivity index (χ4v) is 3.02. The summed E-state index contributed by atoms with van der Waals surface area (Å²) in [6.45, 7) is 0.917. The van der Waals surface area contributed by atoms with Crippen molar-refractivity contribution in [3.05, 3.63) is 35.9 Å². The molecule has 0 aliphatic carbocycles. The molecule has 1 aromatic rings. The molecular formula is C15H19N3O3. The topological polar surface area (TPSA) is 75.9 Å². The number of carbonyl (C=O) groups excluding carboxylic acids is 2. The molecule has 112 valence electrons. The van der Waals surface area contributed by atoms with Crippen LogP contribution in [0.5, 0.6) is 0 Å². The molecule has 3 aliphatic heterocycles. The first-order chi connectivity index (χ1) is 10.2. The van der Waals surface area contributed by atoms with Crippen LogP contribution in [0.3, 0.4) is 0 Å². The normalized spacial score (nSPS) is 25.0. The third kappa shape index (κ3) is 2.71. The monoisotopic (exact) mass is 289 g/mol. The summed E-state index contributed by atoms with van der Waals surface area (Å²) < 4.78 is 0. The Labute approximate surface area is 123 Å². The number of primary amides is 1. The van der Waals surface area contributed by atoms with Gasteiger partial charge in [-0.15, -0.1) is 0 Å². The van der Waals surface area contributed by atoms with Gasteiger partial charge in [-0.2, -0.15) is 5.06 Å². The lowest BCUT2D eigenvalue weighted by Crippen LogP contribution is -2.56. The smallest absolute Gasteiger partial charge is 0.344 e. The predicted octanol–water partition coefficient (Wildman–Crippen LogP) is 1.26. The molecule has 6 heteroatoms. The molecule has 1 aromatic carbocycles. The number of nitrogens with two attached hydrogens (primary N) is 1. The van der Waals surface area contributed by atoms with Crippen LogP contribution < -0.4 is 5.73 Å². The van der Waals surface area contributed by atoms with Gasteiger partial charge in [-0.25, -0.2) is 4.79 Å². The van der Waals surface area contributed by atoms with E-state index < -0.39 is 11.9 Å². The van der Waals surface area contributed by atoms with Gasteiger partial charge < -0.3 is 10.6 Å². The Balaban J connectivity index is 1.71. The van der Waals surface area contributed by atoms with Gasteiger partial charge in [-0.3, -0.25) is 9.63 Å². The zero-order valence-electron chi connectivity index (χ0n) is 11.8. The van der Waals surface area contributed by atoms with Crippen molar-refractivity contribution in [2.45, 2.75) is 38.0 Å². The molecule has 0 spiro atoms. The molecule has 6 nitrogen and oxygen atoms in total. The summed E-state index contributed by atoms with van der Waals surface area (Å²) in [5.41, 5.74) is 6.41. The number of hydroxylamine groups is 2. The van der Waals surface area contributed by atoms with E-state index >= 15 is 0 Å². The first-order valence-corrected chi connectivity index (χ1v) is 7.23. The average Bonchev–Trinajstić information content (AvgIpc) is 2.77. The quantitative estimate of drug-likeness (QED) is 0.906. The SMILES string of the molecule is NC(=O)C1CCC2CCN1C(=O)N2OCc1ccccc1. The van der Waals surface area contributed by atoms with E-state index in [1.165, 1.54) is 9.96 Å². The van der Waals surface area contributed by atoms with Gasteiger partial charge in [0.05, 0.1) is 6.04 Å². The van der Waals surface area contributed by atoms with E-state index in [1.54, 1.807) is 0 Å². The third-order valence-electron chi connectivity index (χ3n) is 4.16. The van der Waals surface area contributed by atoms with Crippen molar-refractivity contribution in [2.75, 3.05) is 6.54 Å². The summed E-state index contributed by atoms with van der Waals surface area (Å²) in [5, 5.41) is 1.43. The Kier molecular flexibility index (Phi) is 3.79. The molecule has 3 amide bonds. The minimum Gasteiger partial charge on any atom is -0.368 e. The predicted molar refractivity (Wildman–Crippen MR) is 75.8 cm³/mol. The van der Waals surface area contributed by atoms with Crippen LogP contribution in [0.4, 0.5) is 4.79 Å². The first-order valence-electron chi connectivity index (χ1n) is 7.23. The Bertz CT molecular complexity index is 534. The summed E-state index contributed by atoms with van der Waals surface area (Å²) >= 11 is 0. The highest BCUT2D eigenvalue weighted by molar-refractivity contribution is 5.86. The maximum absolute atomic E-state index is 12.5. The summed E-state index contributed by atoms with van der Waals surface area (Å²) in [6, 6.07) is 8.98. The number of benzene rings is 1. The molecule has 3 aliphatic rings. The number of hydrogen-bond acceptors (Lipinski definition) is 3. The molecule has 0 saturated carbocycles. The highest BCUT2D eigenvalue weighted by Gasteiger charge is 2.43. The summed E-state index contributed by atoms with van der Waals surface area (Å²) in [4.78, 5) is 31.2. The fraction of sp³-hybridized carbons (Fsp3) is 0.467. The van der Waals surface area contributed by atoms with E-state index in [1.807, 2.05) is 30.3 Å². The lowest BCUT2D eigenvalue weighted by Gasteiger charge is -2.38. The molecule has 2 N–H and O–H groups in total. The van der Waals surface area contributed by atoms with Crippen LogP contribution in [0.25, 0.3) is 0 Å². The second kappa shape index (κ2) is 5.73. The number of nitrogens with zero attached hydrogens (tertiary/aromatic N) is 2. The van der Waals surface area contributed by atoms with Crippen LogP contribution in [0.15, 0.2) is 30.3 Å². The van der Waals surface area contributed by atoms with Gasteiger partial charge in [0.2, 0.25) is 5.91 Å². The third-order valence-corrected chi connectivity index (χ3v) is 4.16. The van der Waals surface area contributed by atoms with E-state index in [0.29, 0.717) is 19.6 Å². The van der Waals surface area contributed by atoms with Crippen LogP contribution in [0.1, 0.15) is 24.8 Å². The molecule has 4 rings (SSSR count). The highest BCUT2D eigenvalue weighted by Crippen LogP contribution is 2.29. The Morgan fingerprint density at radius 2 is 2.00 bits per heavy atom. The number of carbonyl (C=O) groups is 2. The number of amides is 3. The van der Waals surface area contributed by atoms with E-state index in [2.05, 4.69) is 0 Å². The first kappa shape index (κ1) is 13.9. The standard InChI is InChI=1S/C15H19N3O3/c16-14(19)13-7-6-12-8-9-17(13)15(20)18(12)21-10-11-4-2-1-3-5-11/h1-5,12-13H,6-10H2,(H2,16,19). The Morgan fingerprint density at radius 3 is 2.71 bits per heavy atom. The minimum atomic E-state index is -0.507. The number of hydrogen-bond donors (Lipinski definition) is 1. The van der Waals surface area contributed by atoms with Crippen molar-refractivity contribution in [3.8, 4) is 0 Å². The van der Waals surface area contributed by atoms with Crippen LogP contribution >= 0.6 is 0 Å². The summed E-state index contributed by atoms with van der Waals surface area (Å²) in [5.74, 6) is -0.436. The number of urea groups is 1. The largest absolute Gasteiger partial charge is 0.368 e. The highest BCUT2D eigenvalue weighted by atomic mass is 16.7. The lowest BCUT2D eigenvalue weighted by atomic mass is 10.1. The van der Waals surface area contributed by atoms with Crippen LogP contribution in [0, 0.1) is 0 Å². The van der Waals surface area contributed by atoms with Crippen molar-refractivity contribution >= 4 is 11.9 Å². The molecule has 21 heavy (non-hydrogen) atoms.